The largest absolute Gasteiger partial charge is 0.492 e. The van der Waals surface area contributed by atoms with Crippen LogP contribution in [0.5, 0.6) is 5.88 Å². The molecule has 0 aliphatic rings. The number of aromatic hydroxyl groups is 1. The third-order valence-corrected chi connectivity index (χ3v) is 3.79. The van der Waals surface area contributed by atoms with Gasteiger partial charge in [0, 0.05) is 10.9 Å². The number of halogens is 1. The van der Waals surface area contributed by atoms with Gasteiger partial charge in [0.05, 0.1) is 0 Å². The Kier molecular flexibility index (Phi) is 2.79. The fraction of sp³-hybridized carbons (Fsp3) is 0.111. The van der Waals surface area contributed by atoms with Gasteiger partial charge in [0.1, 0.15) is 9.39 Å². The SMILES string of the molecule is Cc1cscc1-c1nc(O)c(I)c(=O)[nH]1. The molecule has 6 heteroatoms. The molecule has 0 saturated carbocycles. The molecule has 0 saturated heterocycles. The lowest BCUT2D eigenvalue weighted by Gasteiger charge is -2.01. The van der Waals surface area contributed by atoms with Crippen LogP contribution in [0.3, 0.4) is 0 Å². The molecule has 2 N–H and O–H groups in total. The summed E-state index contributed by atoms with van der Waals surface area (Å²) >= 11 is 3.29. The van der Waals surface area contributed by atoms with E-state index in [0.29, 0.717) is 5.82 Å². The van der Waals surface area contributed by atoms with Crippen molar-refractivity contribution in [2.45, 2.75) is 6.92 Å². The molecule has 0 aliphatic heterocycles. The second-order valence-corrected chi connectivity index (χ2v) is 4.84. The first kappa shape index (κ1) is 10.6. The first-order chi connectivity index (χ1) is 7.09. The van der Waals surface area contributed by atoms with Crippen molar-refractivity contribution in [1.82, 2.24) is 9.97 Å². The number of thiophene rings is 1. The van der Waals surface area contributed by atoms with Crippen LogP contribution in [0.2, 0.25) is 0 Å². The second-order valence-electron chi connectivity index (χ2n) is 3.02. The number of rotatable bonds is 1. The maximum Gasteiger partial charge on any atom is 0.268 e. The predicted molar refractivity (Wildman–Crippen MR) is 67.3 cm³/mol. The van der Waals surface area contributed by atoms with E-state index in [1.54, 1.807) is 22.6 Å². The number of hydrogen-bond donors (Lipinski definition) is 2. The molecule has 0 amide bonds. The normalized spacial score (nSPS) is 10.5. The molecule has 2 heterocycles. The zero-order chi connectivity index (χ0) is 11.0. The number of aromatic amines is 1. The summed E-state index contributed by atoms with van der Waals surface area (Å²) in [6.45, 7) is 1.93. The van der Waals surface area contributed by atoms with Crippen molar-refractivity contribution in [1.29, 1.82) is 0 Å². The van der Waals surface area contributed by atoms with Gasteiger partial charge in [-0.2, -0.15) is 16.3 Å². The predicted octanol–water partition coefficient (Wildman–Crippen LogP) is 2.12. The van der Waals surface area contributed by atoms with Gasteiger partial charge in [0.15, 0.2) is 0 Å². The van der Waals surface area contributed by atoms with Crippen molar-refractivity contribution in [3.63, 3.8) is 0 Å². The molecule has 15 heavy (non-hydrogen) atoms. The van der Waals surface area contributed by atoms with Crippen LogP contribution < -0.4 is 5.56 Å². The van der Waals surface area contributed by atoms with Crippen molar-refractivity contribution in [2.24, 2.45) is 0 Å². The summed E-state index contributed by atoms with van der Waals surface area (Å²) in [5.74, 6) is 0.191. The van der Waals surface area contributed by atoms with Gasteiger partial charge < -0.3 is 10.1 Å². The molecule has 0 unspecified atom stereocenters. The van der Waals surface area contributed by atoms with Crippen LogP contribution in [0.4, 0.5) is 0 Å². The van der Waals surface area contributed by atoms with Crippen LogP contribution in [-0.2, 0) is 0 Å². The van der Waals surface area contributed by atoms with Gasteiger partial charge in [-0.05, 0) is 40.5 Å². The average molecular weight is 334 g/mol. The van der Waals surface area contributed by atoms with Gasteiger partial charge in [-0.25, -0.2) is 0 Å². The standard InChI is InChI=1S/C9H7IN2O2S/c1-4-2-15-3-5(4)7-11-8(13)6(10)9(14)12-7/h2-3H,1H3,(H2,11,12,13,14). The molecule has 78 valence electrons. The Hall–Kier alpha value is -0.890. The molecule has 0 atom stereocenters. The molecule has 0 fully saturated rings. The molecular formula is C9H7IN2O2S. The molecule has 4 nitrogen and oxygen atoms in total. The quantitative estimate of drug-likeness (QED) is 0.785. The third kappa shape index (κ3) is 1.91. The zero-order valence-corrected chi connectivity index (χ0v) is 10.7. The highest BCUT2D eigenvalue weighted by atomic mass is 127. The Morgan fingerprint density at radius 2 is 2.27 bits per heavy atom. The van der Waals surface area contributed by atoms with Gasteiger partial charge in [0.25, 0.3) is 5.56 Å². The minimum absolute atomic E-state index is 0.212. The molecule has 0 spiro atoms. The molecular weight excluding hydrogens is 327 g/mol. The third-order valence-electron chi connectivity index (χ3n) is 1.96. The van der Waals surface area contributed by atoms with E-state index in [2.05, 4.69) is 9.97 Å². The highest BCUT2D eigenvalue weighted by Gasteiger charge is 2.10. The Bertz CT molecular complexity index is 561. The molecule has 2 aromatic heterocycles. The molecule has 0 bridgehead atoms. The minimum atomic E-state index is -0.316. The van der Waals surface area contributed by atoms with Crippen molar-refractivity contribution >= 4 is 33.9 Å². The monoisotopic (exact) mass is 334 g/mol. The van der Waals surface area contributed by atoms with E-state index in [9.17, 15) is 9.90 Å². The zero-order valence-electron chi connectivity index (χ0n) is 7.74. The van der Waals surface area contributed by atoms with Crippen LogP contribution in [-0.4, -0.2) is 15.1 Å². The summed E-state index contributed by atoms with van der Waals surface area (Å²) in [6, 6.07) is 0. The molecule has 2 aromatic rings. The average Bonchev–Trinajstić information content (AvgIpc) is 2.60. The number of hydrogen-bond acceptors (Lipinski definition) is 4. The van der Waals surface area contributed by atoms with Gasteiger partial charge >= 0.3 is 0 Å². The van der Waals surface area contributed by atoms with Crippen LogP contribution in [0, 0.1) is 10.5 Å². The number of nitrogens with zero attached hydrogens (tertiary/aromatic N) is 1. The topological polar surface area (TPSA) is 66.0 Å². The van der Waals surface area contributed by atoms with Crippen molar-refractivity contribution in [3.05, 3.63) is 30.2 Å². The number of aryl methyl sites for hydroxylation is 1. The minimum Gasteiger partial charge on any atom is -0.492 e. The maximum absolute atomic E-state index is 11.4. The van der Waals surface area contributed by atoms with E-state index < -0.39 is 0 Å². The first-order valence-corrected chi connectivity index (χ1v) is 6.13. The van der Waals surface area contributed by atoms with Gasteiger partial charge in [0.2, 0.25) is 5.88 Å². The summed E-state index contributed by atoms with van der Waals surface area (Å²) in [4.78, 5) is 18.0. The van der Waals surface area contributed by atoms with Crippen LogP contribution in [0.1, 0.15) is 5.56 Å². The number of nitrogens with one attached hydrogen (secondary N) is 1. The number of H-pyrrole nitrogens is 1. The molecule has 0 aromatic carbocycles. The summed E-state index contributed by atoms with van der Waals surface area (Å²) in [7, 11) is 0. The van der Waals surface area contributed by atoms with Crippen molar-refractivity contribution in [2.75, 3.05) is 0 Å². The Labute approximate surface area is 103 Å². The molecule has 0 radical (unpaired) electrons. The van der Waals surface area contributed by atoms with E-state index in [0.717, 1.165) is 11.1 Å². The Morgan fingerprint density at radius 1 is 1.53 bits per heavy atom. The van der Waals surface area contributed by atoms with E-state index in [1.165, 1.54) is 11.3 Å². The lowest BCUT2D eigenvalue weighted by molar-refractivity contribution is 0.447. The molecule has 2 rings (SSSR count). The Morgan fingerprint density at radius 3 is 2.80 bits per heavy atom. The van der Waals surface area contributed by atoms with E-state index in [-0.39, 0.29) is 15.0 Å². The van der Waals surface area contributed by atoms with Crippen molar-refractivity contribution < 1.29 is 5.11 Å². The van der Waals surface area contributed by atoms with Crippen LogP contribution >= 0.6 is 33.9 Å². The van der Waals surface area contributed by atoms with Gasteiger partial charge in [-0.1, -0.05) is 0 Å². The lowest BCUT2D eigenvalue weighted by atomic mass is 10.2. The van der Waals surface area contributed by atoms with E-state index in [1.807, 2.05) is 17.7 Å². The van der Waals surface area contributed by atoms with Crippen molar-refractivity contribution in [3.8, 4) is 17.3 Å². The fourth-order valence-electron chi connectivity index (χ4n) is 1.18. The van der Waals surface area contributed by atoms with E-state index in [4.69, 9.17) is 0 Å². The summed E-state index contributed by atoms with van der Waals surface area (Å²) in [6.07, 6.45) is 0. The highest BCUT2D eigenvalue weighted by molar-refractivity contribution is 14.1. The smallest absolute Gasteiger partial charge is 0.268 e. The number of aromatic nitrogens is 2. The van der Waals surface area contributed by atoms with E-state index >= 15 is 0 Å². The lowest BCUT2D eigenvalue weighted by Crippen LogP contribution is -2.12. The highest BCUT2D eigenvalue weighted by Crippen LogP contribution is 2.24. The Balaban J connectivity index is 2.66. The fourth-order valence-corrected chi connectivity index (χ4v) is 2.27. The molecule has 0 aliphatic carbocycles. The maximum atomic E-state index is 11.4. The van der Waals surface area contributed by atoms with Gasteiger partial charge in [-0.3, -0.25) is 4.79 Å². The summed E-state index contributed by atoms with van der Waals surface area (Å²) < 4.78 is 0.212. The van der Waals surface area contributed by atoms with Crippen LogP contribution in [0.15, 0.2) is 15.6 Å². The van der Waals surface area contributed by atoms with Gasteiger partial charge in [-0.15, -0.1) is 0 Å². The van der Waals surface area contributed by atoms with Crippen LogP contribution in [0.25, 0.3) is 11.4 Å². The summed E-state index contributed by atoms with van der Waals surface area (Å²) in [5.41, 5.74) is 1.57. The first-order valence-electron chi connectivity index (χ1n) is 4.11. The summed E-state index contributed by atoms with van der Waals surface area (Å²) in [5, 5.41) is 13.3. The second kappa shape index (κ2) is 3.93.